The molecule has 1 fully saturated rings. The predicted molar refractivity (Wildman–Crippen MR) is 65.6 cm³/mol. The molecule has 1 aliphatic heterocycles. The number of alkyl halides is 3. The third-order valence-corrected chi connectivity index (χ3v) is 3.14. The molecule has 2 rings (SSSR count). The molecule has 1 saturated heterocycles. The van der Waals surface area contributed by atoms with Gasteiger partial charge >= 0.3 is 6.18 Å². The molecule has 8 heteroatoms. The van der Waals surface area contributed by atoms with Gasteiger partial charge in [0.1, 0.15) is 0 Å². The number of hydrogen-bond acceptors (Lipinski definition) is 4. The molecule has 0 N–H and O–H groups in total. The zero-order valence-electron chi connectivity index (χ0n) is 10.9. The number of ether oxygens (including phenoxy) is 1. The van der Waals surface area contributed by atoms with Crippen molar-refractivity contribution in [1.82, 2.24) is 9.88 Å². The summed E-state index contributed by atoms with van der Waals surface area (Å²) in [6.07, 6.45) is -2.90. The number of nitrogens with zero attached hydrogens (tertiary/aromatic N) is 3. The lowest BCUT2D eigenvalue weighted by Gasteiger charge is -2.34. The van der Waals surface area contributed by atoms with Gasteiger partial charge in [-0.05, 0) is 6.07 Å². The van der Waals surface area contributed by atoms with E-state index >= 15 is 0 Å². The van der Waals surface area contributed by atoms with E-state index in [-0.39, 0.29) is 5.75 Å². The fraction of sp³-hybridized carbons (Fsp3) is 0.500. The van der Waals surface area contributed by atoms with Gasteiger partial charge in [-0.15, -0.1) is 0 Å². The number of aromatic nitrogens is 1. The smallest absolute Gasteiger partial charge is 0.418 e. The number of pyridine rings is 1. The lowest BCUT2D eigenvalue weighted by Crippen LogP contribution is -2.46. The summed E-state index contributed by atoms with van der Waals surface area (Å²) in [5.41, 5.74) is -0.843. The monoisotopic (exact) mass is 289 g/mol. The SMILES string of the molecule is COc1cc(C(F)(F)F)cnc1N1CCN(C=O)CC1. The Kier molecular flexibility index (Phi) is 4.01. The maximum atomic E-state index is 12.6. The Bertz CT molecular complexity index is 485. The molecule has 1 aliphatic rings. The van der Waals surface area contributed by atoms with Crippen LogP contribution in [0.1, 0.15) is 5.56 Å². The van der Waals surface area contributed by atoms with Gasteiger partial charge in [-0.1, -0.05) is 0 Å². The zero-order valence-corrected chi connectivity index (χ0v) is 10.9. The first-order chi connectivity index (χ1) is 9.45. The minimum atomic E-state index is -4.45. The molecule has 0 radical (unpaired) electrons. The van der Waals surface area contributed by atoms with Crippen molar-refractivity contribution < 1.29 is 22.7 Å². The van der Waals surface area contributed by atoms with Crippen LogP contribution < -0.4 is 9.64 Å². The second-order valence-electron chi connectivity index (χ2n) is 4.38. The molecule has 1 amide bonds. The summed E-state index contributed by atoms with van der Waals surface area (Å²) >= 11 is 0. The van der Waals surface area contributed by atoms with E-state index in [0.717, 1.165) is 18.7 Å². The van der Waals surface area contributed by atoms with E-state index in [1.165, 1.54) is 7.11 Å². The Morgan fingerprint density at radius 1 is 1.30 bits per heavy atom. The molecule has 110 valence electrons. The molecule has 2 heterocycles. The van der Waals surface area contributed by atoms with E-state index in [1.54, 1.807) is 9.80 Å². The molecule has 1 aromatic heterocycles. The van der Waals surface area contributed by atoms with Crippen molar-refractivity contribution in [2.75, 3.05) is 38.2 Å². The lowest BCUT2D eigenvalue weighted by atomic mass is 10.2. The van der Waals surface area contributed by atoms with Crippen LogP contribution in [0.2, 0.25) is 0 Å². The molecule has 20 heavy (non-hydrogen) atoms. The maximum Gasteiger partial charge on any atom is 0.418 e. The van der Waals surface area contributed by atoms with Gasteiger partial charge in [0.2, 0.25) is 6.41 Å². The van der Waals surface area contributed by atoms with Crippen LogP contribution in [0, 0.1) is 0 Å². The molecular weight excluding hydrogens is 275 g/mol. The average molecular weight is 289 g/mol. The Balaban J connectivity index is 2.22. The Morgan fingerprint density at radius 2 is 1.95 bits per heavy atom. The Hall–Kier alpha value is -1.99. The molecule has 5 nitrogen and oxygen atoms in total. The average Bonchev–Trinajstić information content (AvgIpc) is 2.45. The Labute approximate surface area is 113 Å². The number of hydrogen-bond donors (Lipinski definition) is 0. The second kappa shape index (κ2) is 5.56. The number of methoxy groups -OCH3 is 1. The summed E-state index contributed by atoms with van der Waals surface area (Å²) in [5.74, 6) is 0.449. The minimum absolute atomic E-state index is 0.0828. The highest BCUT2D eigenvalue weighted by atomic mass is 19.4. The third-order valence-electron chi connectivity index (χ3n) is 3.14. The fourth-order valence-electron chi connectivity index (χ4n) is 2.02. The van der Waals surface area contributed by atoms with Gasteiger partial charge in [0.05, 0.1) is 12.7 Å². The molecule has 0 aromatic carbocycles. The van der Waals surface area contributed by atoms with Crippen LogP contribution in [0.4, 0.5) is 19.0 Å². The standard InChI is InChI=1S/C12H14F3N3O2/c1-20-10-6-9(12(13,14)15)7-16-11(10)18-4-2-17(8-19)3-5-18/h6-8H,2-5H2,1H3. The molecule has 1 aromatic rings. The molecular formula is C12H14F3N3O2. The van der Waals surface area contributed by atoms with E-state index in [0.29, 0.717) is 32.0 Å². The van der Waals surface area contributed by atoms with Crippen molar-refractivity contribution in [2.45, 2.75) is 6.18 Å². The van der Waals surface area contributed by atoms with Gasteiger partial charge in [0, 0.05) is 32.4 Å². The summed E-state index contributed by atoms with van der Waals surface area (Å²) in [6, 6.07) is 0.939. The van der Waals surface area contributed by atoms with Crippen LogP contribution in [0.3, 0.4) is 0 Å². The molecule has 0 bridgehead atoms. The van der Waals surface area contributed by atoms with Crippen molar-refractivity contribution in [3.8, 4) is 5.75 Å². The van der Waals surface area contributed by atoms with E-state index in [9.17, 15) is 18.0 Å². The van der Waals surface area contributed by atoms with Crippen molar-refractivity contribution in [2.24, 2.45) is 0 Å². The third kappa shape index (κ3) is 2.94. The summed E-state index contributed by atoms with van der Waals surface area (Å²) < 4.78 is 42.9. The van der Waals surface area contributed by atoms with Crippen LogP contribution >= 0.6 is 0 Å². The maximum absolute atomic E-state index is 12.6. The quantitative estimate of drug-likeness (QED) is 0.789. The van der Waals surface area contributed by atoms with E-state index in [2.05, 4.69) is 4.98 Å². The highest BCUT2D eigenvalue weighted by Gasteiger charge is 2.32. The van der Waals surface area contributed by atoms with E-state index < -0.39 is 11.7 Å². The van der Waals surface area contributed by atoms with E-state index in [4.69, 9.17) is 4.74 Å². The normalized spacial score (nSPS) is 16.2. The van der Waals surface area contributed by atoms with Crippen molar-refractivity contribution in [3.05, 3.63) is 17.8 Å². The van der Waals surface area contributed by atoms with Gasteiger partial charge in [-0.2, -0.15) is 13.2 Å². The highest BCUT2D eigenvalue weighted by Crippen LogP contribution is 2.35. The second-order valence-corrected chi connectivity index (χ2v) is 4.38. The molecule has 0 atom stereocenters. The van der Waals surface area contributed by atoms with Crippen LogP contribution in [-0.2, 0) is 11.0 Å². The highest BCUT2D eigenvalue weighted by molar-refractivity contribution is 5.55. The Morgan fingerprint density at radius 3 is 2.45 bits per heavy atom. The van der Waals surface area contributed by atoms with Gasteiger partial charge in [-0.25, -0.2) is 4.98 Å². The molecule has 0 spiro atoms. The summed E-state index contributed by atoms with van der Waals surface area (Å²) in [7, 11) is 1.31. The number of carbonyl (C=O) groups is 1. The van der Waals surface area contributed by atoms with Crippen molar-refractivity contribution in [3.63, 3.8) is 0 Å². The summed E-state index contributed by atoms with van der Waals surface area (Å²) in [6.45, 7) is 2.03. The van der Waals surface area contributed by atoms with E-state index in [1.807, 2.05) is 0 Å². The first-order valence-corrected chi connectivity index (χ1v) is 6.01. The number of anilines is 1. The number of carbonyl (C=O) groups excluding carboxylic acids is 1. The fourth-order valence-corrected chi connectivity index (χ4v) is 2.02. The first kappa shape index (κ1) is 14.4. The zero-order chi connectivity index (χ0) is 14.8. The molecule has 0 saturated carbocycles. The predicted octanol–water partition coefficient (Wildman–Crippen LogP) is 1.39. The summed E-state index contributed by atoms with van der Waals surface area (Å²) in [5, 5.41) is 0. The van der Waals surface area contributed by atoms with Crippen LogP contribution in [0.15, 0.2) is 12.3 Å². The number of rotatable bonds is 3. The van der Waals surface area contributed by atoms with Crippen molar-refractivity contribution in [1.29, 1.82) is 0 Å². The van der Waals surface area contributed by atoms with Crippen molar-refractivity contribution >= 4 is 12.2 Å². The van der Waals surface area contributed by atoms with Crippen LogP contribution in [0.5, 0.6) is 5.75 Å². The number of halogens is 3. The van der Waals surface area contributed by atoms with Gasteiger partial charge in [0.25, 0.3) is 0 Å². The van der Waals surface area contributed by atoms with Crippen LogP contribution in [-0.4, -0.2) is 49.6 Å². The minimum Gasteiger partial charge on any atom is -0.493 e. The number of amides is 1. The van der Waals surface area contributed by atoms with Gasteiger partial charge in [-0.3, -0.25) is 4.79 Å². The molecule has 0 aliphatic carbocycles. The summed E-state index contributed by atoms with van der Waals surface area (Å²) in [4.78, 5) is 17.9. The lowest BCUT2D eigenvalue weighted by molar-refractivity contribution is -0.138. The molecule has 0 unspecified atom stereocenters. The van der Waals surface area contributed by atoms with Gasteiger partial charge in [0.15, 0.2) is 11.6 Å². The number of piperazine rings is 1. The largest absolute Gasteiger partial charge is 0.493 e. The van der Waals surface area contributed by atoms with Gasteiger partial charge < -0.3 is 14.5 Å². The topological polar surface area (TPSA) is 45.7 Å². The first-order valence-electron chi connectivity index (χ1n) is 6.01. The van der Waals surface area contributed by atoms with Crippen LogP contribution in [0.25, 0.3) is 0 Å².